The molecule has 1 aliphatic rings. The van der Waals surface area contributed by atoms with Crippen molar-refractivity contribution in [2.24, 2.45) is 0 Å². The van der Waals surface area contributed by atoms with Crippen molar-refractivity contribution in [1.29, 1.82) is 0 Å². The predicted octanol–water partition coefficient (Wildman–Crippen LogP) is 4.30. The number of hydrogen-bond acceptors (Lipinski definition) is 3. The van der Waals surface area contributed by atoms with Gasteiger partial charge >= 0.3 is 0 Å². The van der Waals surface area contributed by atoms with Gasteiger partial charge in [0.25, 0.3) is 0 Å². The highest BCUT2D eigenvalue weighted by molar-refractivity contribution is 5.81. The quantitative estimate of drug-likeness (QED) is 0.528. The van der Waals surface area contributed by atoms with Crippen LogP contribution in [0.4, 0.5) is 0 Å². The van der Waals surface area contributed by atoms with E-state index in [2.05, 4.69) is 39.4 Å². The minimum Gasteiger partial charge on any atom is -0.416 e. The van der Waals surface area contributed by atoms with E-state index in [1.54, 1.807) is 0 Å². The van der Waals surface area contributed by atoms with E-state index in [1.165, 1.54) is 16.7 Å². The van der Waals surface area contributed by atoms with Gasteiger partial charge in [0.1, 0.15) is 0 Å². The fourth-order valence-corrected chi connectivity index (χ4v) is 3.21. The Hall–Kier alpha value is -3.14. The van der Waals surface area contributed by atoms with E-state index >= 15 is 0 Å². The van der Waals surface area contributed by atoms with Crippen LogP contribution in [0.25, 0.3) is 34.2 Å². The van der Waals surface area contributed by atoms with Crippen molar-refractivity contribution >= 4 is 0 Å². The Morgan fingerprint density at radius 3 is 2.52 bits per heavy atom. The molecule has 5 rings (SSSR count). The lowest BCUT2D eigenvalue weighted by Crippen LogP contribution is -1.83. The van der Waals surface area contributed by atoms with E-state index in [-0.39, 0.29) is 0 Å². The fraction of sp³-hybridized carbons (Fsp3) is 0.0526. The Labute approximate surface area is 132 Å². The second-order valence-electron chi connectivity index (χ2n) is 5.67. The van der Waals surface area contributed by atoms with Gasteiger partial charge in [0.2, 0.25) is 11.8 Å². The van der Waals surface area contributed by atoms with Crippen LogP contribution in [0.2, 0.25) is 0 Å². The highest BCUT2D eigenvalue weighted by atomic mass is 16.4. The molecule has 0 unspecified atom stereocenters. The van der Waals surface area contributed by atoms with Gasteiger partial charge in [-0.15, -0.1) is 10.2 Å². The zero-order valence-electron chi connectivity index (χ0n) is 12.3. The fourth-order valence-electron chi connectivity index (χ4n) is 3.21. The van der Waals surface area contributed by atoms with E-state index in [0.717, 1.165) is 23.2 Å². The second kappa shape index (κ2) is 4.68. The predicted molar refractivity (Wildman–Crippen MR) is 87.8 cm³/mol. The third kappa shape index (κ3) is 1.85. The molecule has 0 radical (unpaired) electrons. The Bertz CT molecular complexity index is 998. The van der Waals surface area contributed by atoms with Gasteiger partial charge in [0, 0.05) is 23.7 Å². The Morgan fingerprint density at radius 2 is 1.61 bits per heavy atom. The number of benzene rings is 2. The average molecular weight is 299 g/mol. The Kier molecular flexibility index (Phi) is 2.52. The number of nitrogens with zero attached hydrogens (tertiary/aromatic N) is 2. The number of hydrogen-bond donors (Lipinski definition) is 1. The third-order valence-corrected chi connectivity index (χ3v) is 4.32. The first-order valence-corrected chi connectivity index (χ1v) is 7.58. The summed E-state index contributed by atoms with van der Waals surface area (Å²) in [4.78, 5) is 3.36. The van der Waals surface area contributed by atoms with E-state index in [9.17, 15) is 0 Å². The van der Waals surface area contributed by atoms with Crippen molar-refractivity contribution in [2.75, 3.05) is 0 Å². The lowest BCUT2D eigenvalue weighted by atomic mass is 10.1. The van der Waals surface area contributed by atoms with Gasteiger partial charge in [-0.25, -0.2) is 0 Å². The lowest BCUT2D eigenvalue weighted by Gasteiger charge is -1.97. The van der Waals surface area contributed by atoms with Gasteiger partial charge in [0.15, 0.2) is 0 Å². The molecule has 0 bridgehead atoms. The molecular formula is C19H13N3O. The minimum atomic E-state index is 0.547. The van der Waals surface area contributed by atoms with Gasteiger partial charge in [-0.05, 0) is 23.3 Å². The number of aromatic amines is 1. The van der Waals surface area contributed by atoms with Gasteiger partial charge in [-0.1, -0.05) is 42.5 Å². The maximum absolute atomic E-state index is 5.90. The smallest absolute Gasteiger partial charge is 0.250 e. The van der Waals surface area contributed by atoms with Crippen molar-refractivity contribution in [2.45, 2.75) is 6.42 Å². The molecular weight excluding hydrogens is 286 g/mol. The van der Waals surface area contributed by atoms with Crippen LogP contribution in [0, 0.1) is 0 Å². The molecule has 4 nitrogen and oxygen atoms in total. The summed E-state index contributed by atoms with van der Waals surface area (Å²) in [5.74, 6) is 1.11. The van der Waals surface area contributed by atoms with Crippen molar-refractivity contribution in [3.8, 4) is 34.2 Å². The Morgan fingerprint density at radius 1 is 0.826 bits per heavy atom. The van der Waals surface area contributed by atoms with E-state index in [0.29, 0.717) is 11.8 Å². The van der Waals surface area contributed by atoms with Crippen LogP contribution in [0.5, 0.6) is 0 Å². The SMILES string of the molecule is c1ccc(-c2nnc(-c3c[nH]c4c3Cc3ccccc3-4)o2)cc1. The molecule has 1 N–H and O–H groups in total. The van der Waals surface area contributed by atoms with Gasteiger partial charge in [-0.2, -0.15) is 0 Å². The number of fused-ring (bicyclic) bond motifs is 3. The summed E-state index contributed by atoms with van der Waals surface area (Å²) >= 11 is 0. The zero-order valence-corrected chi connectivity index (χ0v) is 12.3. The number of rotatable bonds is 2. The molecule has 0 fully saturated rings. The van der Waals surface area contributed by atoms with E-state index < -0.39 is 0 Å². The molecule has 1 aliphatic carbocycles. The second-order valence-corrected chi connectivity index (χ2v) is 5.67. The molecule has 4 aromatic rings. The molecule has 2 aromatic heterocycles. The first kappa shape index (κ1) is 12.4. The van der Waals surface area contributed by atoms with Crippen molar-refractivity contribution in [3.63, 3.8) is 0 Å². The topological polar surface area (TPSA) is 54.7 Å². The Balaban J connectivity index is 1.58. The first-order valence-electron chi connectivity index (χ1n) is 7.58. The van der Waals surface area contributed by atoms with Crippen molar-refractivity contribution in [3.05, 3.63) is 71.9 Å². The molecule has 2 heterocycles. The number of nitrogens with one attached hydrogen (secondary N) is 1. The molecule has 23 heavy (non-hydrogen) atoms. The number of aromatic nitrogens is 3. The van der Waals surface area contributed by atoms with Crippen molar-refractivity contribution < 1.29 is 4.42 Å². The molecule has 2 aromatic carbocycles. The molecule has 0 atom stereocenters. The molecule has 0 amide bonds. The summed E-state index contributed by atoms with van der Waals surface area (Å²) in [6.45, 7) is 0. The van der Waals surface area contributed by atoms with Crippen LogP contribution in [0.1, 0.15) is 11.1 Å². The maximum atomic E-state index is 5.90. The van der Waals surface area contributed by atoms with Crippen LogP contribution in [0.3, 0.4) is 0 Å². The summed E-state index contributed by atoms with van der Waals surface area (Å²) in [5.41, 5.74) is 6.91. The summed E-state index contributed by atoms with van der Waals surface area (Å²) in [7, 11) is 0. The molecule has 0 saturated carbocycles. The highest BCUT2D eigenvalue weighted by Gasteiger charge is 2.25. The van der Waals surface area contributed by atoms with Crippen LogP contribution in [0.15, 0.2) is 65.2 Å². The molecule has 0 saturated heterocycles. The highest BCUT2D eigenvalue weighted by Crippen LogP contribution is 2.41. The summed E-state index contributed by atoms with van der Waals surface area (Å²) in [6.07, 6.45) is 2.86. The standard InChI is InChI=1S/C19H13N3O/c1-2-6-12(7-3-1)18-21-22-19(23-18)16-11-20-17-14-9-5-4-8-13(14)10-15(16)17/h1-9,11,20H,10H2. The van der Waals surface area contributed by atoms with Gasteiger partial charge < -0.3 is 9.40 Å². The molecule has 110 valence electrons. The van der Waals surface area contributed by atoms with Crippen LogP contribution >= 0.6 is 0 Å². The average Bonchev–Trinajstić information content (AvgIpc) is 3.30. The van der Waals surface area contributed by atoms with E-state index in [1.807, 2.05) is 36.5 Å². The molecule has 0 aliphatic heterocycles. The van der Waals surface area contributed by atoms with Gasteiger partial charge in [-0.3, -0.25) is 0 Å². The van der Waals surface area contributed by atoms with Crippen LogP contribution < -0.4 is 0 Å². The van der Waals surface area contributed by atoms with Crippen molar-refractivity contribution in [1.82, 2.24) is 15.2 Å². The molecule has 0 spiro atoms. The number of H-pyrrole nitrogens is 1. The minimum absolute atomic E-state index is 0.547. The normalized spacial score (nSPS) is 12.2. The third-order valence-electron chi connectivity index (χ3n) is 4.32. The summed E-state index contributed by atoms with van der Waals surface area (Å²) < 4.78 is 5.90. The first-order chi connectivity index (χ1) is 11.4. The van der Waals surface area contributed by atoms with E-state index in [4.69, 9.17) is 4.42 Å². The summed E-state index contributed by atoms with van der Waals surface area (Å²) in [6, 6.07) is 18.3. The maximum Gasteiger partial charge on any atom is 0.250 e. The largest absolute Gasteiger partial charge is 0.416 e. The molecule has 4 heteroatoms. The monoisotopic (exact) mass is 299 g/mol. The zero-order chi connectivity index (χ0) is 15.2. The van der Waals surface area contributed by atoms with Crippen LogP contribution in [-0.2, 0) is 6.42 Å². The lowest BCUT2D eigenvalue weighted by molar-refractivity contribution is 0.584. The van der Waals surface area contributed by atoms with Crippen LogP contribution in [-0.4, -0.2) is 15.2 Å². The van der Waals surface area contributed by atoms with Gasteiger partial charge in [0.05, 0.1) is 11.3 Å². The summed E-state index contributed by atoms with van der Waals surface area (Å²) in [5, 5.41) is 8.43.